The summed E-state index contributed by atoms with van der Waals surface area (Å²) in [7, 11) is 1.34. The molecule has 0 aromatic carbocycles. The lowest BCUT2D eigenvalue weighted by Crippen LogP contribution is -2.39. The van der Waals surface area contributed by atoms with Crippen molar-refractivity contribution in [2.75, 3.05) is 20.3 Å². The van der Waals surface area contributed by atoms with Gasteiger partial charge in [-0.25, -0.2) is 4.79 Å². The number of aliphatic hydroxyl groups excluding tert-OH is 1. The maximum Gasteiger partial charge on any atom is 0.373 e. The normalized spacial score (nSPS) is 20.4. The second-order valence-electron chi connectivity index (χ2n) is 4.89. The number of methoxy groups -OCH3 is 1. The number of hydrogen-bond acceptors (Lipinski definition) is 5. The minimum atomic E-state index is -0.447. The minimum Gasteiger partial charge on any atom is -0.463 e. The van der Waals surface area contributed by atoms with Gasteiger partial charge in [-0.1, -0.05) is 6.42 Å². The Morgan fingerprint density at radius 1 is 1.53 bits per heavy atom. The van der Waals surface area contributed by atoms with E-state index >= 15 is 0 Å². The molecule has 2 rings (SSSR count). The number of carbonyl (C=O) groups is 1. The highest BCUT2D eigenvalue weighted by molar-refractivity contribution is 5.86. The Hall–Kier alpha value is -1.33. The molecule has 0 spiro atoms. The van der Waals surface area contributed by atoms with Gasteiger partial charge >= 0.3 is 5.97 Å². The van der Waals surface area contributed by atoms with Crippen LogP contribution in [0.25, 0.3) is 0 Å². The van der Waals surface area contributed by atoms with Crippen LogP contribution in [0.15, 0.2) is 16.5 Å². The van der Waals surface area contributed by atoms with Crippen molar-refractivity contribution < 1.29 is 19.1 Å². The molecule has 106 valence electrons. The molecule has 1 N–H and O–H groups in total. The highest BCUT2D eigenvalue weighted by Crippen LogP contribution is 2.22. The zero-order chi connectivity index (χ0) is 13.7. The first kappa shape index (κ1) is 14.1. The Morgan fingerprint density at radius 2 is 2.37 bits per heavy atom. The lowest BCUT2D eigenvalue weighted by atomic mass is 9.99. The molecule has 1 saturated heterocycles. The first-order valence-electron chi connectivity index (χ1n) is 6.76. The molecule has 0 aliphatic carbocycles. The van der Waals surface area contributed by atoms with E-state index < -0.39 is 5.97 Å². The Labute approximate surface area is 113 Å². The van der Waals surface area contributed by atoms with Crippen LogP contribution in [0.5, 0.6) is 0 Å². The van der Waals surface area contributed by atoms with Crippen molar-refractivity contribution in [3.63, 3.8) is 0 Å². The molecular weight excluding hydrogens is 246 g/mol. The van der Waals surface area contributed by atoms with Gasteiger partial charge in [-0.2, -0.15) is 0 Å². The molecule has 1 aromatic rings. The Bertz CT molecular complexity index is 413. The molecule has 2 heterocycles. The lowest BCUT2D eigenvalue weighted by molar-refractivity contribution is 0.0557. The van der Waals surface area contributed by atoms with Crippen LogP contribution in [0.1, 0.15) is 42.0 Å². The predicted molar refractivity (Wildman–Crippen MR) is 69.8 cm³/mol. The summed E-state index contributed by atoms with van der Waals surface area (Å²) in [6, 6.07) is 3.87. The van der Waals surface area contributed by atoms with Gasteiger partial charge in [0, 0.05) is 12.6 Å². The molecule has 0 amide bonds. The highest BCUT2D eigenvalue weighted by atomic mass is 16.5. The second kappa shape index (κ2) is 6.73. The van der Waals surface area contributed by atoms with Gasteiger partial charge in [-0.3, -0.25) is 4.90 Å². The average molecular weight is 267 g/mol. The Morgan fingerprint density at radius 3 is 3.11 bits per heavy atom. The number of ether oxygens (including phenoxy) is 1. The summed E-state index contributed by atoms with van der Waals surface area (Å²) in [4.78, 5) is 13.6. The quantitative estimate of drug-likeness (QED) is 0.824. The van der Waals surface area contributed by atoms with E-state index in [4.69, 9.17) is 9.52 Å². The third kappa shape index (κ3) is 3.58. The number of furan rings is 1. The summed E-state index contributed by atoms with van der Waals surface area (Å²) in [5.74, 6) is 0.565. The average Bonchev–Trinajstić information content (AvgIpc) is 2.89. The van der Waals surface area contributed by atoms with Crippen molar-refractivity contribution in [3.05, 3.63) is 23.7 Å². The van der Waals surface area contributed by atoms with Crippen LogP contribution < -0.4 is 0 Å². The molecule has 1 atom stereocenters. The smallest absolute Gasteiger partial charge is 0.373 e. The van der Waals surface area contributed by atoms with Gasteiger partial charge in [-0.15, -0.1) is 0 Å². The van der Waals surface area contributed by atoms with Crippen molar-refractivity contribution in [2.24, 2.45) is 0 Å². The second-order valence-corrected chi connectivity index (χ2v) is 4.89. The summed E-state index contributed by atoms with van der Waals surface area (Å²) in [5, 5.41) is 9.10. The fourth-order valence-corrected chi connectivity index (χ4v) is 2.62. The van der Waals surface area contributed by atoms with Crippen LogP contribution >= 0.6 is 0 Å². The molecule has 5 heteroatoms. The van der Waals surface area contributed by atoms with Crippen molar-refractivity contribution in [3.8, 4) is 0 Å². The Balaban J connectivity index is 1.98. The van der Waals surface area contributed by atoms with Crippen LogP contribution in [-0.2, 0) is 11.3 Å². The van der Waals surface area contributed by atoms with E-state index in [1.165, 1.54) is 20.0 Å². The molecule has 1 fully saturated rings. The zero-order valence-corrected chi connectivity index (χ0v) is 11.3. The van der Waals surface area contributed by atoms with Crippen molar-refractivity contribution in [1.29, 1.82) is 0 Å². The molecule has 0 radical (unpaired) electrons. The molecule has 0 saturated carbocycles. The summed E-state index contributed by atoms with van der Waals surface area (Å²) in [6.07, 6.45) is 4.30. The van der Waals surface area contributed by atoms with Gasteiger partial charge in [0.1, 0.15) is 5.76 Å². The van der Waals surface area contributed by atoms with E-state index in [0.29, 0.717) is 12.6 Å². The van der Waals surface area contributed by atoms with Gasteiger partial charge < -0.3 is 14.3 Å². The third-order valence-electron chi connectivity index (χ3n) is 3.62. The summed E-state index contributed by atoms with van der Waals surface area (Å²) in [6.45, 7) is 1.91. The topological polar surface area (TPSA) is 62.9 Å². The number of rotatable bonds is 5. The third-order valence-corrected chi connectivity index (χ3v) is 3.62. The van der Waals surface area contributed by atoms with Gasteiger partial charge in [0.2, 0.25) is 5.76 Å². The van der Waals surface area contributed by atoms with Gasteiger partial charge in [0.05, 0.1) is 13.7 Å². The zero-order valence-electron chi connectivity index (χ0n) is 11.3. The van der Waals surface area contributed by atoms with E-state index in [9.17, 15) is 4.79 Å². The standard InChI is InChI=1S/C14H21NO4/c1-18-14(17)13-6-5-12(19-13)10-15-8-3-2-4-11(15)7-9-16/h5-6,11,16H,2-4,7-10H2,1H3. The molecule has 1 unspecified atom stereocenters. The van der Waals surface area contributed by atoms with Crippen molar-refractivity contribution in [2.45, 2.75) is 38.3 Å². The molecule has 5 nitrogen and oxygen atoms in total. The molecule has 1 aliphatic rings. The number of aliphatic hydroxyl groups is 1. The van der Waals surface area contributed by atoms with E-state index in [2.05, 4.69) is 9.64 Å². The first-order valence-corrected chi connectivity index (χ1v) is 6.76. The van der Waals surface area contributed by atoms with E-state index in [-0.39, 0.29) is 12.4 Å². The number of nitrogens with zero attached hydrogens (tertiary/aromatic N) is 1. The van der Waals surface area contributed by atoms with E-state index in [1.807, 2.05) is 6.07 Å². The summed E-state index contributed by atoms with van der Waals surface area (Å²) >= 11 is 0. The largest absolute Gasteiger partial charge is 0.463 e. The number of esters is 1. The molecule has 19 heavy (non-hydrogen) atoms. The van der Waals surface area contributed by atoms with Crippen LogP contribution in [-0.4, -0.2) is 42.3 Å². The predicted octanol–water partition coefficient (Wildman–Crippen LogP) is 1.80. The molecule has 0 bridgehead atoms. The number of carbonyl (C=O) groups excluding carboxylic acids is 1. The monoisotopic (exact) mass is 267 g/mol. The molecular formula is C14H21NO4. The van der Waals surface area contributed by atoms with E-state index in [1.54, 1.807) is 6.07 Å². The van der Waals surface area contributed by atoms with E-state index in [0.717, 1.165) is 25.1 Å². The van der Waals surface area contributed by atoms with Crippen LogP contribution in [0, 0.1) is 0 Å². The van der Waals surface area contributed by atoms with Crippen molar-refractivity contribution >= 4 is 5.97 Å². The van der Waals surface area contributed by atoms with Crippen LogP contribution in [0.3, 0.4) is 0 Å². The number of likely N-dealkylation sites (tertiary alicyclic amines) is 1. The van der Waals surface area contributed by atoms with Crippen LogP contribution in [0.4, 0.5) is 0 Å². The highest BCUT2D eigenvalue weighted by Gasteiger charge is 2.23. The summed E-state index contributed by atoms with van der Waals surface area (Å²) < 4.78 is 10.1. The number of piperidine rings is 1. The first-order chi connectivity index (χ1) is 9.24. The number of hydrogen-bond donors (Lipinski definition) is 1. The molecule has 1 aromatic heterocycles. The molecule has 1 aliphatic heterocycles. The maximum absolute atomic E-state index is 11.3. The van der Waals surface area contributed by atoms with Crippen molar-refractivity contribution in [1.82, 2.24) is 4.90 Å². The SMILES string of the molecule is COC(=O)c1ccc(CN2CCCCC2CCO)o1. The Kier molecular flexibility index (Phi) is 4.99. The fraction of sp³-hybridized carbons (Fsp3) is 0.643. The fourth-order valence-electron chi connectivity index (χ4n) is 2.62. The van der Waals surface area contributed by atoms with Gasteiger partial charge in [0.15, 0.2) is 0 Å². The van der Waals surface area contributed by atoms with Gasteiger partial charge in [0.25, 0.3) is 0 Å². The van der Waals surface area contributed by atoms with Gasteiger partial charge in [-0.05, 0) is 37.9 Å². The maximum atomic E-state index is 11.3. The lowest BCUT2D eigenvalue weighted by Gasteiger charge is -2.34. The van der Waals surface area contributed by atoms with Crippen LogP contribution in [0.2, 0.25) is 0 Å². The summed E-state index contributed by atoms with van der Waals surface area (Å²) in [5.41, 5.74) is 0. The minimum absolute atomic E-state index is 0.215.